The van der Waals surface area contributed by atoms with E-state index in [2.05, 4.69) is 15.6 Å². The SMILES string of the molecule is CCC(C(=O)NCc1cnn(C)c1C)C(N)=NO. The lowest BCUT2D eigenvalue weighted by molar-refractivity contribution is -0.123. The van der Waals surface area contributed by atoms with Crippen molar-refractivity contribution in [2.24, 2.45) is 23.9 Å². The lowest BCUT2D eigenvalue weighted by Gasteiger charge is -2.13. The molecule has 18 heavy (non-hydrogen) atoms. The van der Waals surface area contributed by atoms with Gasteiger partial charge in [-0.15, -0.1) is 0 Å². The number of hydrogen-bond donors (Lipinski definition) is 3. The topological polar surface area (TPSA) is 106 Å². The fraction of sp³-hybridized carbons (Fsp3) is 0.545. The Morgan fingerprint density at radius 3 is 2.83 bits per heavy atom. The molecular weight excluding hydrogens is 234 g/mol. The Morgan fingerprint density at radius 2 is 2.39 bits per heavy atom. The minimum absolute atomic E-state index is 0.0714. The van der Waals surface area contributed by atoms with Crippen molar-refractivity contribution in [3.05, 3.63) is 17.5 Å². The third-order valence-electron chi connectivity index (χ3n) is 2.99. The van der Waals surface area contributed by atoms with Gasteiger partial charge in [0.15, 0.2) is 5.84 Å². The standard InChI is InChI=1S/C11H19N5O2/c1-4-9(10(12)15-18)11(17)13-5-8-6-14-16(3)7(8)2/h6,9,18H,4-5H2,1-3H3,(H2,12,15)(H,13,17). The molecule has 1 amide bonds. The summed E-state index contributed by atoms with van der Waals surface area (Å²) in [7, 11) is 1.84. The predicted octanol–water partition coefficient (Wildman–Crippen LogP) is 0.117. The van der Waals surface area contributed by atoms with Crippen molar-refractivity contribution in [2.45, 2.75) is 26.8 Å². The molecule has 7 heteroatoms. The molecule has 100 valence electrons. The number of nitrogens with two attached hydrogens (primary N) is 1. The summed E-state index contributed by atoms with van der Waals surface area (Å²) in [5.41, 5.74) is 7.39. The quantitative estimate of drug-likeness (QED) is 0.300. The number of aryl methyl sites for hydroxylation is 1. The van der Waals surface area contributed by atoms with Crippen molar-refractivity contribution in [1.82, 2.24) is 15.1 Å². The first-order valence-corrected chi connectivity index (χ1v) is 5.73. The molecule has 1 atom stereocenters. The molecule has 0 saturated carbocycles. The van der Waals surface area contributed by atoms with Gasteiger partial charge < -0.3 is 16.3 Å². The third kappa shape index (κ3) is 2.99. The second kappa shape index (κ2) is 6.04. The Balaban J connectivity index is 2.63. The highest BCUT2D eigenvalue weighted by Crippen LogP contribution is 2.07. The van der Waals surface area contributed by atoms with Gasteiger partial charge in [0, 0.05) is 24.8 Å². The molecule has 7 nitrogen and oxygen atoms in total. The molecule has 0 radical (unpaired) electrons. The molecule has 0 bridgehead atoms. The lowest BCUT2D eigenvalue weighted by atomic mass is 10.0. The fourth-order valence-corrected chi connectivity index (χ4v) is 1.62. The molecule has 0 saturated heterocycles. The molecule has 1 heterocycles. The van der Waals surface area contributed by atoms with Crippen LogP contribution in [0.3, 0.4) is 0 Å². The van der Waals surface area contributed by atoms with Gasteiger partial charge >= 0.3 is 0 Å². The number of hydrogen-bond acceptors (Lipinski definition) is 4. The van der Waals surface area contributed by atoms with Crippen LogP contribution in [0.1, 0.15) is 24.6 Å². The van der Waals surface area contributed by atoms with Crippen molar-refractivity contribution < 1.29 is 10.0 Å². The summed E-state index contributed by atoms with van der Waals surface area (Å²) in [6.45, 7) is 4.11. The van der Waals surface area contributed by atoms with Gasteiger partial charge in [0.1, 0.15) is 0 Å². The van der Waals surface area contributed by atoms with E-state index in [-0.39, 0.29) is 11.7 Å². The highest BCUT2D eigenvalue weighted by Gasteiger charge is 2.21. The summed E-state index contributed by atoms with van der Waals surface area (Å²) in [5, 5.41) is 18.3. The van der Waals surface area contributed by atoms with Crippen LogP contribution in [0, 0.1) is 12.8 Å². The number of amidine groups is 1. The Morgan fingerprint density at radius 1 is 1.72 bits per heavy atom. The van der Waals surface area contributed by atoms with Gasteiger partial charge in [-0.2, -0.15) is 5.10 Å². The number of amides is 1. The Labute approximate surface area is 106 Å². The van der Waals surface area contributed by atoms with Crippen LogP contribution in [0.4, 0.5) is 0 Å². The van der Waals surface area contributed by atoms with Crippen molar-refractivity contribution in [1.29, 1.82) is 0 Å². The van der Waals surface area contributed by atoms with E-state index in [1.54, 1.807) is 17.8 Å². The van der Waals surface area contributed by atoms with Crippen molar-refractivity contribution in [3.8, 4) is 0 Å². The van der Waals surface area contributed by atoms with Crippen molar-refractivity contribution >= 4 is 11.7 Å². The van der Waals surface area contributed by atoms with Gasteiger partial charge in [0.05, 0.1) is 12.1 Å². The zero-order valence-corrected chi connectivity index (χ0v) is 10.8. The van der Waals surface area contributed by atoms with Crippen LogP contribution < -0.4 is 11.1 Å². The van der Waals surface area contributed by atoms with Crippen LogP contribution in [0.25, 0.3) is 0 Å². The molecule has 1 rings (SSSR count). The van der Waals surface area contributed by atoms with E-state index in [4.69, 9.17) is 10.9 Å². The smallest absolute Gasteiger partial charge is 0.231 e. The van der Waals surface area contributed by atoms with E-state index < -0.39 is 5.92 Å². The molecule has 0 spiro atoms. The second-order valence-corrected chi connectivity index (χ2v) is 4.08. The lowest BCUT2D eigenvalue weighted by Crippen LogP contribution is -2.38. The van der Waals surface area contributed by atoms with Crippen LogP contribution in [0.5, 0.6) is 0 Å². The van der Waals surface area contributed by atoms with E-state index >= 15 is 0 Å². The molecular formula is C11H19N5O2. The molecule has 0 aromatic carbocycles. The summed E-state index contributed by atoms with van der Waals surface area (Å²) >= 11 is 0. The monoisotopic (exact) mass is 253 g/mol. The number of oxime groups is 1. The van der Waals surface area contributed by atoms with E-state index in [9.17, 15) is 4.79 Å². The predicted molar refractivity (Wildman–Crippen MR) is 67.0 cm³/mol. The summed E-state index contributed by atoms with van der Waals surface area (Å²) in [6.07, 6.45) is 2.19. The number of carbonyl (C=O) groups is 1. The van der Waals surface area contributed by atoms with E-state index in [0.29, 0.717) is 13.0 Å². The van der Waals surface area contributed by atoms with Gasteiger partial charge in [0.25, 0.3) is 0 Å². The average molecular weight is 253 g/mol. The summed E-state index contributed by atoms with van der Waals surface area (Å²) in [6, 6.07) is 0. The maximum Gasteiger partial charge on any atom is 0.231 e. The fourth-order valence-electron chi connectivity index (χ4n) is 1.62. The van der Waals surface area contributed by atoms with E-state index in [0.717, 1.165) is 11.3 Å². The zero-order valence-electron chi connectivity index (χ0n) is 10.8. The van der Waals surface area contributed by atoms with Crippen molar-refractivity contribution in [3.63, 3.8) is 0 Å². The molecule has 4 N–H and O–H groups in total. The van der Waals surface area contributed by atoms with Gasteiger partial charge in [-0.25, -0.2) is 0 Å². The number of carbonyl (C=O) groups excluding carboxylic acids is 1. The molecule has 1 aromatic heterocycles. The third-order valence-corrected chi connectivity index (χ3v) is 2.99. The zero-order chi connectivity index (χ0) is 13.7. The van der Waals surface area contributed by atoms with Crippen LogP contribution in [-0.2, 0) is 18.4 Å². The minimum Gasteiger partial charge on any atom is -0.409 e. The molecule has 0 aliphatic carbocycles. The number of aromatic nitrogens is 2. The largest absolute Gasteiger partial charge is 0.409 e. The second-order valence-electron chi connectivity index (χ2n) is 4.08. The minimum atomic E-state index is -0.605. The van der Waals surface area contributed by atoms with Gasteiger partial charge in [-0.3, -0.25) is 9.48 Å². The van der Waals surface area contributed by atoms with Crippen LogP contribution in [0.2, 0.25) is 0 Å². The number of nitrogens with one attached hydrogen (secondary N) is 1. The van der Waals surface area contributed by atoms with Gasteiger partial charge in [0.2, 0.25) is 5.91 Å². The molecule has 1 aromatic rings. The Hall–Kier alpha value is -2.05. The number of rotatable bonds is 5. The maximum absolute atomic E-state index is 11.9. The average Bonchev–Trinajstić information content (AvgIpc) is 2.68. The summed E-state index contributed by atoms with van der Waals surface area (Å²) < 4.78 is 1.74. The van der Waals surface area contributed by atoms with Crippen LogP contribution in [-0.4, -0.2) is 26.7 Å². The molecule has 0 fully saturated rings. The summed E-state index contributed by atoms with van der Waals surface area (Å²) in [4.78, 5) is 11.9. The molecule has 0 aliphatic rings. The normalized spacial score (nSPS) is 13.4. The first-order chi connectivity index (χ1) is 8.51. The van der Waals surface area contributed by atoms with Gasteiger partial charge in [-0.05, 0) is 13.3 Å². The van der Waals surface area contributed by atoms with E-state index in [1.807, 2.05) is 14.0 Å². The molecule has 1 unspecified atom stereocenters. The number of nitrogens with zero attached hydrogens (tertiary/aromatic N) is 3. The molecule has 0 aliphatic heterocycles. The highest BCUT2D eigenvalue weighted by molar-refractivity contribution is 6.01. The van der Waals surface area contributed by atoms with E-state index in [1.165, 1.54) is 0 Å². The van der Waals surface area contributed by atoms with Gasteiger partial charge in [-0.1, -0.05) is 12.1 Å². The Kier molecular flexibility index (Phi) is 4.70. The Bertz CT molecular complexity index is 452. The summed E-state index contributed by atoms with van der Waals surface area (Å²) in [5.74, 6) is -0.930. The van der Waals surface area contributed by atoms with Crippen LogP contribution >= 0.6 is 0 Å². The van der Waals surface area contributed by atoms with Crippen molar-refractivity contribution in [2.75, 3.05) is 0 Å². The first-order valence-electron chi connectivity index (χ1n) is 5.73. The highest BCUT2D eigenvalue weighted by atomic mass is 16.4. The maximum atomic E-state index is 11.9. The first kappa shape index (κ1) is 14.0. The van der Waals surface area contributed by atoms with Crippen LogP contribution in [0.15, 0.2) is 11.4 Å².